The van der Waals surface area contributed by atoms with Crippen LogP contribution in [0.2, 0.25) is 0 Å². The van der Waals surface area contributed by atoms with E-state index in [4.69, 9.17) is 4.74 Å². The maximum absolute atomic E-state index is 13.1. The summed E-state index contributed by atoms with van der Waals surface area (Å²) in [5.41, 5.74) is 1.34. The van der Waals surface area contributed by atoms with Gasteiger partial charge in [0.25, 0.3) is 0 Å². The summed E-state index contributed by atoms with van der Waals surface area (Å²) >= 11 is 0. The van der Waals surface area contributed by atoms with Gasteiger partial charge in [-0.25, -0.2) is 0 Å². The van der Waals surface area contributed by atoms with E-state index in [2.05, 4.69) is 0 Å². The number of alkyl halides is 3. The van der Waals surface area contributed by atoms with Crippen molar-refractivity contribution in [3.05, 3.63) is 77.4 Å². The molecule has 0 fully saturated rings. The number of hydrogen-bond acceptors (Lipinski definition) is 2. The number of methoxy groups -OCH3 is 1. The number of ether oxygens (including phenoxy) is 1. The second-order valence-electron chi connectivity index (χ2n) is 5.80. The summed E-state index contributed by atoms with van der Waals surface area (Å²) in [5, 5.41) is 0. The van der Waals surface area contributed by atoms with Crippen LogP contribution in [-0.2, 0) is 6.54 Å². The average molecular weight is 333 g/mol. The fourth-order valence-corrected chi connectivity index (χ4v) is 2.93. The van der Waals surface area contributed by atoms with E-state index >= 15 is 0 Å². The molecule has 126 valence electrons. The second kappa shape index (κ2) is 6.69. The first-order chi connectivity index (χ1) is 11.5. The molecular formula is C19H18F3NO. The number of rotatable bonds is 4. The summed E-state index contributed by atoms with van der Waals surface area (Å²) in [6.45, 7) is 0.342. The van der Waals surface area contributed by atoms with Gasteiger partial charge >= 0.3 is 6.18 Å². The third-order valence-electron chi connectivity index (χ3n) is 4.18. The van der Waals surface area contributed by atoms with Crippen molar-refractivity contribution in [1.29, 1.82) is 0 Å². The van der Waals surface area contributed by atoms with Crippen molar-refractivity contribution in [3.8, 4) is 5.75 Å². The second-order valence-corrected chi connectivity index (χ2v) is 5.80. The summed E-state index contributed by atoms with van der Waals surface area (Å²) in [6, 6.07) is 16.3. The monoisotopic (exact) mass is 333 g/mol. The first kappa shape index (κ1) is 16.6. The van der Waals surface area contributed by atoms with Crippen molar-refractivity contribution in [2.75, 3.05) is 13.7 Å². The summed E-state index contributed by atoms with van der Waals surface area (Å²) in [6.07, 6.45) is -2.96. The lowest BCUT2D eigenvalue weighted by atomic mass is 10.1. The summed E-state index contributed by atoms with van der Waals surface area (Å²) in [4.78, 5) is 1.83. The molecule has 3 rings (SSSR count). The number of benzene rings is 2. The van der Waals surface area contributed by atoms with Gasteiger partial charge in [-0.3, -0.25) is 4.90 Å². The molecule has 0 bridgehead atoms. The highest BCUT2D eigenvalue weighted by Gasteiger charge is 2.40. The van der Waals surface area contributed by atoms with Crippen molar-refractivity contribution in [2.24, 2.45) is 0 Å². The highest BCUT2D eigenvalue weighted by Crippen LogP contribution is 2.38. The van der Waals surface area contributed by atoms with Crippen LogP contribution in [0.4, 0.5) is 13.2 Å². The molecule has 2 aromatic rings. The fourth-order valence-electron chi connectivity index (χ4n) is 2.93. The molecule has 0 aliphatic carbocycles. The molecule has 1 atom stereocenters. The first-order valence-corrected chi connectivity index (χ1v) is 7.67. The third kappa shape index (κ3) is 3.62. The molecule has 0 N–H and O–H groups in total. The first-order valence-electron chi connectivity index (χ1n) is 7.67. The molecule has 0 spiro atoms. The van der Waals surface area contributed by atoms with E-state index in [1.165, 1.54) is 6.08 Å². The lowest BCUT2D eigenvalue weighted by molar-refractivity contribution is -0.0937. The van der Waals surface area contributed by atoms with Gasteiger partial charge in [-0.15, -0.1) is 0 Å². The van der Waals surface area contributed by atoms with E-state index in [9.17, 15) is 13.2 Å². The van der Waals surface area contributed by atoms with Gasteiger partial charge in [0.1, 0.15) is 5.75 Å². The average Bonchev–Trinajstić information content (AvgIpc) is 3.00. The highest BCUT2D eigenvalue weighted by molar-refractivity contribution is 5.33. The molecule has 2 nitrogen and oxygen atoms in total. The Kier molecular flexibility index (Phi) is 4.62. The Morgan fingerprint density at radius 1 is 1.04 bits per heavy atom. The lowest BCUT2D eigenvalue weighted by Crippen LogP contribution is -2.26. The van der Waals surface area contributed by atoms with Crippen LogP contribution in [0.5, 0.6) is 5.75 Å². The van der Waals surface area contributed by atoms with E-state index in [1.807, 2.05) is 59.5 Å². The molecule has 1 aliphatic heterocycles. The van der Waals surface area contributed by atoms with Crippen LogP contribution in [0.3, 0.4) is 0 Å². The van der Waals surface area contributed by atoms with Gasteiger partial charge in [0, 0.05) is 18.7 Å². The van der Waals surface area contributed by atoms with Crippen molar-refractivity contribution in [1.82, 2.24) is 4.90 Å². The lowest BCUT2D eigenvalue weighted by Gasteiger charge is -2.25. The largest absolute Gasteiger partial charge is 0.497 e. The number of hydrogen-bond donors (Lipinski definition) is 0. The predicted octanol–water partition coefficient (Wildman–Crippen LogP) is 4.74. The van der Waals surface area contributed by atoms with Crippen LogP contribution in [-0.4, -0.2) is 24.7 Å². The smallest absolute Gasteiger partial charge is 0.413 e. The van der Waals surface area contributed by atoms with Crippen LogP contribution in [0.15, 0.2) is 66.2 Å². The molecule has 5 heteroatoms. The molecule has 1 unspecified atom stereocenters. The Morgan fingerprint density at radius 2 is 1.71 bits per heavy atom. The molecule has 0 saturated heterocycles. The number of nitrogens with zero attached hydrogens (tertiary/aromatic N) is 1. The van der Waals surface area contributed by atoms with E-state index in [1.54, 1.807) is 7.11 Å². The van der Waals surface area contributed by atoms with Crippen molar-refractivity contribution >= 4 is 0 Å². The van der Waals surface area contributed by atoms with Crippen molar-refractivity contribution in [2.45, 2.75) is 18.8 Å². The van der Waals surface area contributed by atoms with E-state index in [0.717, 1.165) is 16.9 Å². The number of halogens is 3. The molecule has 0 aromatic heterocycles. The molecular weight excluding hydrogens is 315 g/mol. The summed E-state index contributed by atoms with van der Waals surface area (Å²) in [5.74, 6) is 0.730. The molecule has 0 amide bonds. The van der Waals surface area contributed by atoms with Gasteiger partial charge in [0.2, 0.25) is 0 Å². The Balaban J connectivity index is 1.85. The summed E-state index contributed by atoms with van der Waals surface area (Å²) < 4.78 is 44.6. The van der Waals surface area contributed by atoms with Gasteiger partial charge in [0.15, 0.2) is 0 Å². The van der Waals surface area contributed by atoms with Crippen LogP contribution in [0.25, 0.3) is 0 Å². The zero-order valence-electron chi connectivity index (χ0n) is 13.3. The van der Waals surface area contributed by atoms with Gasteiger partial charge in [-0.2, -0.15) is 13.2 Å². The van der Waals surface area contributed by atoms with Crippen LogP contribution in [0, 0.1) is 0 Å². The standard InChI is InChI=1S/C19H18F3NO/c1-24-17-9-7-14(8-10-17)12-23-13-16(19(20,21)22)11-18(23)15-5-3-2-4-6-15/h2-11,18H,12-13H2,1H3. The normalized spacial score (nSPS) is 18.5. The molecule has 24 heavy (non-hydrogen) atoms. The van der Waals surface area contributed by atoms with Crippen LogP contribution >= 0.6 is 0 Å². The van der Waals surface area contributed by atoms with Gasteiger partial charge in [-0.1, -0.05) is 48.5 Å². The minimum Gasteiger partial charge on any atom is -0.497 e. The van der Waals surface area contributed by atoms with Gasteiger partial charge in [-0.05, 0) is 23.3 Å². The van der Waals surface area contributed by atoms with Gasteiger partial charge in [0.05, 0.1) is 13.2 Å². The third-order valence-corrected chi connectivity index (χ3v) is 4.18. The van der Waals surface area contributed by atoms with Crippen molar-refractivity contribution in [3.63, 3.8) is 0 Å². The molecule has 0 saturated carbocycles. The fraction of sp³-hybridized carbons (Fsp3) is 0.263. The molecule has 1 heterocycles. The Morgan fingerprint density at radius 3 is 2.29 bits per heavy atom. The van der Waals surface area contributed by atoms with Crippen LogP contribution in [0.1, 0.15) is 17.2 Å². The SMILES string of the molecule is COc1ccc(CN2CC(C(F)(F)F)=CC2c2ccccc2)cc1. The highest BCUT2D eigenvalue weighted by atomic mass is 19.4. The summed E-state index contributed by atoms with van der Waals surface area (Å²) in [7, 11) is 1.58. The molecule has 2 aromatic carbocycles. The Bertz CT molecular complexity index is 708. The van der Waals surface area contributed by atoms with E-state index < -0.39 is 11.7 Å². The van der Waals surface area contributed by atoms with Crippen LogP contribution < -0.4 is 4.74 Å². The molecule has 1 aliphatic rings. The Labute approximate surface area is 139 Å². The maximum atomic E-state index is 13.1. The van der Waals surface area contributed by atoms with Crippen molar-refractivity contribution < 1.29 is 17.9 Å². The van der Waals surface area contributed by atoms with E-state index in [-0.39, 0.29) is 12.6 Å². The molecule has 0 radical (unpaired) electrons. The predicted molar refractivity (Wildman–Crippen MR) is 86.7 cm³/mol. The zero-order chi connectivity index (χ0) is 17.2. The Hall–Kier alpha value is -2.27. The van der Waals surface area contributed by atoms with E-state index in [0.29, 0.717) is 6.54 Å². The maximum Gasteiger partial charge on any atom is 0.413 e. The minimum absolute atomic E-state index is 0.102. The minimum atomic E-state index is -4.29. The zero-order valence-corrected chi connectivity index (χ0v) is 13.3. The topological polar surface area (TPSA) is 12.5 Å². The quantitative estimate of drug-likeness (QED) is 0.749. The van der Waals surface area contributed by atoms with Gasteiger partial charge < -0.3 is 4.74 Å².